The van der Waals surface area contributed by atoms with E-state index in [1.54, 1.807) is 21.1 Å². The molecule has 0 saturated heterocycles. The molecule has 0 heterocycles. The average molecular weight is 431 g/mol. The molecule has 5 nitrogen and oxygen atoms in total. The lowest BCUT2D eigenvalue weighted by Gasteiger charge is -2.21. The van der Waals surface area contributed by atoms with Gasteiger partial charge in [-0.1, -0.05) is 64.5 Å². The Bertz CT molecular complexity index is 533. The SMILES string of the molecule is CCCCC[C@@H](C=C[C@H]1[C@H](OC)CC(=O)[C@@H]1CCCCCCP(=O)(O)CC)OC. The maximum atomic E-state index is 12.6. The first kappa shape index (κ1) is 26.6. The van der Waals surface area contributed by atoms with Crippen LogP contribution in [0.15, 0.2) is 12.2 Å². The summed E-state index contributed by atoms with van der Waals surface area (Å²) in [7, 11) is 0.539. The van der Waals surface area contributed by atoms with Gasteiger partial charge in [-0.25, -0.2) is 0 Å². The molecule has 6 heteroatoms. The number of unbranched alkanes of at least 4 members (excludes halogenated alkanes) is 5. The summed E-state index contributed by atoms with van der Waals surface area (Å²) in [5, 5.41) is 0. The molecule has 29 heavy (non-hydrogen) atoms. The largest absolute Gasteiger partial charge is 0.380 e. The van der Waals surface area contributed by atoms with E-state index in [1.807, 2.05) is 0 Å². The van der Waals surface area contributed by atoms with Gasteiger partial charge in [0.05, 0.1) is 12.2 Å². The number of hydrogen-bond acceptors (Lipinski definition) is 4. The summed E-state index contributed by atoms with van der Waals surface area (Å²) >= 11 is 0. The van der Waals surface area contributed by atoms with Crippen LogP contribution in [0.4, 0.5) is 0 Å². The molecule has 170 valence electrons. The molecule has 1 rings (SSSR count). The fourth-order valence-electron chi connectivity index (χ4n) is 4.19. The van der Waals surface area contributed by atoms with Crippen LogP contribution in [0.2, 0.25) is 0 Å². The molecule has 0 radical (unpaired) electrons. The van der Waals surface area contributed by atoms with Crippen LogP contribution in [0.1, 0.15) is 78.1 Å². The van der Waals surface area contributed by atoms with Gasteiger partial charge >= 0.3 is 0 Å². The third kappa shape index (κ3) is 9.91. The number of carbonyl (C=O) groups is 1. The van der Waals surface area contributed by atoms with Crippen LogP contribution in [0.3, 0.4) is 0 Å². The van der Waals surface area contributed by atoms with Crippen molar-refractivity contribution in [2.24, 2.45) is 11.8 Å². The first-order chi connectivity index (χ1) is 13.9. The minimum Gasteiger partial charge on any atom is -0.380 e. The first-order valence-corrected chi connectivity index (χ1v) is 13.5. The lowest BCUT2D eigenvalue weighted by molar-refractivity contribution is -0.121. The maximum Gasteiger partial charge on any atom is 0.200 e. The van der Waals surface area contributed by atoms with Crippen molar-refractivity contribution in [3.05, 3.63) is 12.2 Å². The highest BCUT2D eigenvalue weighted by molar-refractivity contribution is 7.57. The van der Waals surface area contributed by atoms with Gasteiger partial charge in [0.25, 0.3) is 0 Å². The van der Waals surface area contributed by atoms with Crippen LogP contribution in [-0.2, 0) is 18.8 Å². The van der Waals surface area contributed by atoms with Crippen molar-refractivity contribution < 1.29 is 23.7 Å². The van der Waals surface area contributed by atoms with Crippen molar-refractivity contribution in [3.8, 4) is 0 Å². The third-order valence-corrected chi connectivity index (χ3v) is 8.23. The smallest absolute Gasteiger partial charge is 0.200 e. The van der Waals surface area contributed by atoms with Crippen LogP contribution in [0.25, 0.3) is 0 Å². The summed E-state index contributed by atoms with van der Waals surface area (Å²) in [5.74, 6) is 0.440. The Morgan fingerprint density at radius 1 is 1.14 bits per heavy atom. The second-order valence-electron chi connectivity index (χ2n) is 8.37. The number of Topliss-reactive ketones (excluding diaryl/α,β-unsaturated/α-hetero) is 1. The van der Waals surface area contributed by atoms with Crippen molar-refractivity contribution >= 4 is 13.2 Å². The van der Waals surface area contributed by atoms with E-state index < -0.39 is 7.37 Å². The van der Waals surface area contributed by atoms with E-state index in [4.69, 9.17) is 9.47 Å². The van der Waals surface area contributed by atoms with Crippen molar-refractivity contribution in [1.29, 1.82) is 0 Å². The molecule has 5 atom stereocenters. The lowest BCUT2D eigenvalue weighted by Crippen LogP contribution is -2.21. The van der Waals surface area contributed by atoms with Gasteiger partial charge in [0, 0.05) is 44.8 Å². The van der Waals surface area contributed by atoms with E-state index >= 15 is 0 Å². The third-order valence-electron chi connectivity index (χ3n) is 6.22. The molecule has 1 saturated carbocycles. The second-order valence-corrected chi connectivity index (χ2v) is 11.1. The van der Waals surface area contributed by atoms with Crippen LogP contribution in [0, 0.1) is 11.8 Å². The Kier molecular flexibility index (Phi) is 13.3. The number of rotatable bonds is 16. The first-order valence-electron chi connectivity index (χ1n) is 11.5. The van der Waals surface area contributed by atoms with Gasteiger partial charge in [0.2, 0.25) is 0 Å². The second kappa shape index (κ2) is 14.5. The summed E-state index contributed by atoms with van der Waals surface area (Å²) in [6, 6.07) is 0. The molecular weight excluding hydrogens is 387 g/mol. The molecule has 0 aromatic carbocycles. The van der Waals surface area contributed by atoms with Crippen LogP contribution in [-0.4, -0.2) is 49.4 Å². The summed E-state index contributed by atoms with van der Waals surface area (Å²) in [5.41, 5.74) is 0. The van der Waals surface area contributed by atoms with Crippen molar-refractivity contribution in [2.45, 2.75) is 90.3 Å². The molecule has 0 bridgehead atoms. The zero-order valence-corrected chi connectivity index (χ0v) is 19.9. The lowest BCUT2D eigenvalue weighted by atomic mass is 9.88. The van der Waals surface area contributed by atoms with Crippen LogP contribution in [0.5, 0.6) is 0 Å². The number of ether oxygens (including phenoxy) is 2. The van der Waals surface area contributed by atoms with E-state index in [0.717, 1.165) is 44.9 Å². The number of ketones is 1. The molecule has 1 N–H and O–H groups in total. The van der Waals surface area contributed by atoms with Gasteiger partial charge < -0.3 is 14.4 Å². The normalized spacial score (nSPS) is 25.6. The van der Waals surface area contributed by atoms with Gasteiger partial charge in [-0.2, -0.15) is 0 Å². The number of carbonyl (C=O) groups excluding carboxylic acids is 1. The molecule has 0 aliphatic heterocycles. The maximum absolute atomic E-state index is 12.6. The number of methoxy groups -OCH3 is 2. The molecule has 0 amide bonds. The highest BCUT2D eigenvalue weighted by atomic mass is 31.2. The van der Waals surface area contributed by atoms with E-state index in [-0.39, 0.29) is 24.0 Å². The highest BCUT2D eigenvalue weighted by Gasteiger charge is 2.40. The fraction of sp³-hybridized carbons (Fsp3) is 0.870. The van der Waals surface area contributed by atoms with Gasteiger partial charge in [0.1, 0.15) is 5.78 Å². The van der Waals surface area contributed by atoms with E-state index in [0.29, 0.717) is 24.5 Å². The summed E-state index contributed by atoms with van der Waals surface area (Å²) in [4.78, 5) is 22.2. The Balaban J connectivity index is 2.52. The van der Waals surface area contributed by atoms with Crippen LogP contribution >= 0.6 is 7.37 Å². The van der Waals surface area contributed by atoms with E-state index in [1.165, 1.54) is 12.8 Å². The topological polar surface area (TPSA) is 72.8 Å². The quantitative estimate of drug-likeness (QED) is 0.196. The summed E-state index contributed by atoms with van der Waals surface area (Å²) < 4.78 is 22.9. The fourth-order valence-corrected chi connectivity index (χ4v) is 5.22. The Morgan fingerprint density at radius 3 is 2.48 bits per heavy atom. The molecule has 0 spiro atoms. The zero-order valence-electron chi connectivity index (χ0n) is 19.0. The average Bonchev–Trinajstić information content (AvgIpc) is 3.01. The van der Waals surface area contributed by atoms with Crippen molar-refractivity contribution in [3.63, 3.8) is 0 Å². The summed E-state index contributed by atoms with van der Waals surface area (Å²) in [6.07, 6.45) is 14.8. The molecule has 1 unspecified atom stereocenters. The summed E-state index contributed by atoms with van der Waals surface area (Å²) in [6.45, 7) is 3.96. The molecule has 0 aromatic rings. The number of hydrogen-bond donors (Lipinski definition) is 1. The zero-order chi connectivity index (χ0) is 21.7. The van der Waals surface area contributed by atoms with E-state index in [2.05, 4.69) is 19.1 Å². The molecule has 1 aliphatic rings. The predicted octanol–water partition coefficient (Wildman–Crippen LogP) is 5.60. The Labute approximate surface area is 178 Å². The van der Waals surface area contributed by atoms with Gasteiger partial charge in [-0.3, -0.25) is 9.36 Å². The van der Waals surface area contributed by atoms with E-state index in [9.17, 15) is 14.3 Å². The molecule has 0 aromatic heterocycles. The van der Waals surface area contributed by atoms with Gasteiger partial charge in [-0.15, -0.1) is 0 Å². The monoisotopic (exact) mass is 430 g/mol. The molecule has 1 fully saturated rings. The Morgan fingerprint density at radius 2 is 1.86 bits per heavy atom. The predicted molar refractivity (Wildman–Crippen MR) is 120 cm³/mol. The van der Waals surface area contributed by atoms with Crippen LogP contribution < -0.4 is 0 Å². The molecular formula is C23H43O5P. The van der Waals surface area contributed by atoms with Crippen molar-refractivity contribution in [2.75, 3.05) is 26.5 Å². The van der Waals surface area contributed by atoms with Crippen molar-refractivity contribution in [1.82, 2.24) is 0 Å². The minimum atomic E-state index is -2.90. The van der Waals surface area contributed by atoms with Gasteiger partial charge in [-0.05, 0) is 19.3 Å². The Hall–Kier alpha value is -0.480. The molecule has 1 aliphatic carbocycles. The minimum absolute atomic E-state index is 0.0175. The standard InChI is InChI=1S/C23H43O5P/c1-5-7-10-13-19(27-3)15-16-21-20(22(24)18-23(21)28-4)14-11-8-9-12-17-29(25,26)6-2/h15-16,19-21,23H,5-14,17-18H2,1-4H3,(H,25,26)/t19-,20+,21+,23+/m0/s1. The van der Waals surface area contributed by atoms with Gasteiger partial charge in [0.15, 0.2) is 7.37 Å². The highest BCUT2D eigenvalue weighted by Crippen LogP contribution is 2.41.